The fourth-order valence-electron chi connectivity index (χ4n) is 2.36. The van der Waals surface area contributed by atoms with Crippen molar-refractivity contribution in [1.82, 2.24) is 14.9 Å². The zero-order valence-electron chi connectivity index (χ0n) is 12.4. The van der Waals surface area contributed by atoms with Gasteiger partial charge in [0.1, 0.15) is 0 Å². The summed E-state index contributed by atoms with van der Waals surface area (Å²) in [5.74, 6) is -1.09. The lowest BCUT2D eigenvalue weighted by Gasteiger charge is -2.23. The number of hydrogen-bond donors (Lipinski definition) is 3. The van der Waals surface area contributed by atoms with Crippen LogP contribution in [0.1, 0.15) is 26.7 Å². The Morgan fingerprint density at radius 1 is 1.33 bits per heavy atom. The predicted molar refractivity (Wildman–Crippen MR) is 77.4 cm³/mol. The van der Waals surface area contributed by atoms with E-state index in [1.54, 1.807) is 13.8 Å². The van der Waals surface area contributed by atoms with Crippen LogP contribution in [-0.4, -0.2) is 62.4 Å². The number of carboxylic acid groups (broad SMARTS) is 1. The standard InChI is InChI=1S/C12H23N3O5S/c1-3-12(10(16)17)5-7-15(9-12)11(18)13-6-8-21(19,20)14-4-2/h14H,3-9H2,1-2H3,(H,13,18)(H,16,17). The van der Waals surface area contributed by atoms with Crippen molar-refractivity contribution in [3.63, 3.8) is 0 Å². The quantitative estimate of drug-likeness (QED) is 0.601. The molecule has 0 aromatic heterocycles. The predicted octanol–water partition coefficient (Wildman–Crippen LogP) is -0.178. The van der Waals surface area contributed by atoms with Crippen LogP contribution in [0.25, 0.3) is 0 Å². The van der Waals surface area contributed by atoms with Gasteiger partial charge in [0.05, 0.1) is 11.2 Å². The maximum Gasteiger partial charge on any atom is 0.317 e. The molecule has 1 atom stereocenters. The molecular weight excluding hydrogens is 298 g/mol. The van der Waals surface area contributed by atoms with Crippen molar-refractivity contribution in [2.45, 2.75) is 26.7 Å². The van der Waals surface area contributed by atoms with E-state index < -0.39 is 27.4 Å². The van der Waals surface area contributed by atoms with E-state index in [1.807, 2.05) is 0 Å². The Labute approximate surface area is 124 Å². The molecule has 0 aliphatic carbocycles. The first-order valence-electron chi connectivity index (χ1n) is 7.00. The number of nitrogens with zero attached hydrogens (tertiary/aromatic N) is 1. The van der Waals surface area contributed by atoms with Crippen LogP contribution in [0.3, 0.4) is 0 Å². The Hall–Kier alpha value is -1.35. The van der Waals surface area contributed by atoms with Gasteiger partial charge in [-0.1, -0.05) is 13.8 Å². The first-order valence-corrected chi connectivity index (χ1v) is 8.65. The van der Waals surface area contributed by atoms with Crippen molar-refractivity contribution in [2.24, 2.45) is 5.41 Å². The highest BCUT2D eigenvalue weighted by atomic mass is 32.2. The fourth-order valence-corrected chi connectivity index (χ4v) is 3.31. The highest BCUT2D eigenvalue weighted by molar-refractivity contribution is 7.89. The molecule has 0 radical (unpaired) electrons. The summed E-state index contributed by atoms with van der Waals surface area (Å²) in [6.07, 6.45) is 0.878. The summed E-state index contributed by atoms with van der Waals surface area (Å²) in [5, 5.41) is 11.8. The van der Waals surface area contributed by atoms with E-state index in [0.717, 1.165) is 0 Å². The number of hydrogen-bond acceptors (Lipinski definition) is 4. The van der Waals surface area contributed by atoms with Gasteiger partial charge in [-0.05, 0) is 12.8 Å². The second-order valence-corrected chi connectivity index (χ2v) is 7.09. The molecule has 1 heterocycles. The van der Waals surface area contributed by atoms with Crippen molar-refractivity contribution < 1.29 is 23.1 Å². The minimum atomic E-state index is -3.37. The molecule has 21 heavy (non-hydrogen) atoms. The Morgan fingerprint density at radius 2 is 2.00 bits per heavy atom. The Kier molecular flexibility index (Phi) is 5.97. The minimum Gasteiger partial charge on any atom is -0.481 e. The first-order chi connectivity index (χ1) is 9.76. The van der Waals surface area contributed by atoms with Crippen LogP contribution in [0.4, 0.5) is 4.79 Å². The van der Waals surface area contributed by atoms with Crippen LogP contribution in [0.2, 0.25) is 0 Å². The summed E-state index contributed by atoms with van der Waals surface area (Å²) in [6.45, 7) is 4.29. The van der Waals surface area contributed by atoms with Crippen LogP contribution >= 0.6 is 0 Å². The maximum absolute atomic E-state index is 11.9. The zero-order chi connectivity index (χ0) is 16.1. The Balaban J connectivity index is 2.46. The third-order valence-corrected chi connectivity index (χ3v) is 5.25. The number of carboxylic acids is 1. The van der Waals surface area contributed by atoms with E-state index >= 15 is 0 Å². The average molecular weight is 321 g/mol. The number of carbonyl (C=O) groups is 2. The van der Waals surface area contributed by atoms with E-state index in [2.05, 4.69) is 10.0 Å². The number of rotatable bonds is 7. The zero-order valence-corrected chi connectivity index (χ0v) is 13.2. The molecule has 2 amide bonds. The van der Waals surface area contributed by atoms with Gasteiger partial charge in [0, 0.05) is 26.2 Å². The van der Waals surface area contributed by atoms with Gasteiger partial charge >= 0.3 is 12.0 Å². The van der Waals surface area contributed by atoms with Gasteiger partial charge in [-0.25, -0.2) is 17.9 Å². The van der Waals surface area contributed by atoms with Gasteiger partial charge in [0.2, 0.25) is 10.0 Å². The van der Waals surface area contributed by atoms with Crippen LogP contribution in [0, 0.1) is 5.41 Å². The van der Waals surface area contributed by atoms with Gasteiger partial charge in [-0.3, -0.25) is 4.79 Å². The molecule has 1 aliphatic heterocycles. The smallest absolute Gasteiger partial charge is 0.317 e. The molecule has 9 heteroatoms. The molecule has 0 saturated carbocycles. The van der Waals surface area contributed by atoms with E-state index in [0.29, 0.717) is 25.9 Å². The molecule has 1 unspecified atom stereocenters. The molecule has 0 aromatic rings. The van der Waals surface area contributed by atoms with Gasteiger partial charge < -0.3 is 15.3 Å². The molecule has 8 nitrogen and oxygen atoms in total. The van der Waals surface area contributed by atoms with Crippen molar-refractivity contribution in [3.05, 3.63) is 0 Å². The molecular formula is C12H23N3O5S. The summed E-state index contributed by atoms with van der Waals surface area (Å²) in [6, 6.07) is -0.418. The minimum absolute atomic E-state index is 0.00311. The van der Waals surface area contributed by atoms with Gasteiger partial charge in [0.15, 0.2) is 0 Å². The summed E-state index contributed by atoms with van der Waals surface area (Å²) in [7, 11) is -3.37. The van der Waals surface area contributed by atoms with Crippen molar-refractivity contribution >= 4 is 22.0 Å². The van der Waals surface area contributed by atoms with Gasteiger partial charge in [-0.2, -0.15) is 0 Å². The number of nitrogens with one attached hydrogen (secondary N) is 2. The first kappa shape index (κ1) is 17.7. The third kappa shape index (κ3) is 4.57. The second-order valence-electron chi connectivity index (χ2n) is 5.16. The molecule has 122 valence electrons. The Bertz CT molecular complexity index is 493. The molecule has 0 aromatic carbocycles. The summed E-state index contributed by atoms with van der Waals surface area (Å²) in [4.78, 5) is 24.6. The lowest BCUT2D eigenvalue weighted by molar-refractivity contribution is -0.148. The molecule has 1 saturated heterocycles. The van der Waals surface area contributed by atoms with Crippen molar-refractivity contribution in [2.75, 3.05) is 31.9 Å². The van der Waals surface area contributed by atoms with Crippen molar-refractivity contribution in [1.29, 1.82) is 0 Å². The van der Waals surface area contributed by atoms with Crippen molar-refractivity contribution in [3.8, 4) is 0 Å². The van der Waals surface area contributed by atoms with E-state index in [4.69, 9.17) is 0 Å². The molecule has 1 fully saturated rings. The van der Waals surface area contributed by atoms with Crippen LogP contribution < -0.4 is 10.0 Å². The molecule has 3 N–H and O–H groups in total. The average Bonchev–Trinajstić information content (AvgIpc) is 2.84. The number of aliphatic carboxylic acids is 1. The Morgan fingerprint density at radius 3 is 2.48 bits per heavy atom. The summed E-state index contributed by atoms with van der Waals surface area (Å²) in [5.41, 5.74) is -0.882. The highest BCUT2D eigenvalue weighted by Gasteiger charge is 2.44. The third-order valence-electron chi connectivity index (χ3n) is 3.78. The fraction of sp³-hybridized carbons (Fsp3) is 0.833. The highest BCUT2D eigenvalue weighted by Crippen LogP contribution is 2.34. The number of carbonyl (C=O) groups excluding carboxylic acids is 1. The molecule has 0 bridgehead atoms. The number of amides is 2. The van der Waals surface area contributed by atoms with Crippen LogP contribution in [0.5, 0.6) is 0 Å². The van der Waals surface area contributed by atoms with E-state index in [-0.39, 0.29) is 18.8 Å². The van der Waals surface area contributed by atoms with Crippen LogP contribution in [-0.2, 0) is 14.8 Å². The number of likely N-dealkylation sites (tertiary alicyclic amines) is 1. The van der Waals surface area contributed by atoms with Crippen LogP contribution in [0.15, 0.2) is 0 Å². The topological polar surface area (TPSA) is 116 Å². The largest absolute Gasteiger partial charge is 0.481 e. The van der Waals surface area contributed by atoms with Gasteiger partial charge in [-0.15, -0.1) is 0 Å². The second kappa shape index (κ2) is 7.08. The molecule has 1 rings (SSSR count). The number of urea groups is 1. The SMILES string of the molecule is CCNS(=O)(=O)CCNC(=O)N1CCC(CC)(C(=O)O)C1. The van der Waals surface area contributed by atoms with E-state index in [1.165, 1.54) is 4.90 Å². The monoisotopic (exact) mass is 321 g/mol. The lowest BCUT2D eigenvalue weighted by Crippen LogP contribution is -2.43. The summed E-state index contributed by atoms with van der Waals surface area (Å²) < 4.78 is 25.2. The normalized spacial score (nSPS) is 22.3. The number of sulfonamides is 1. The molecule has 1 aliphatic rings. The maximum atomic E-state index is 11.9. The molecule has 0 spiro atoms. The van der Waals surface area contributed by atoms with E-state index in [9.17, 15) is 23.1 Å². The summed E-state index contributed by atoms with van der Waals surface area (Å²) >= 11 is 0. The lowest BCUT2D eigenvalue weighted by atomic mass is 9.84. The van der Waals surface area contributed by atoms with Gasteiger partial charge in [0.25, 0.3) is 0 Å².